The van der Waals surface area contributed by atoms with Crippen molar-refractivity contribution in [1.82, 2.24) is 5.32 Å². The minimum Gasteiger partial charge on any atom is -0.452 e. The molecule has 0 saturated carbocycles. The molecule has 0 aliphatic heterocycles. The van der Waals surface area contributed by atoms with Gasteiger partial charge in [0.15, 0.2) is 6.61 Å². The van der Waals surface area contributed by atoms with E-state index < -0.39 is 24.3 Å². The van der Waals surface area contributed by atoms with Crippen LogP contribution in [-0.2, 0) is 9.53 Å². The molecule has 126 valence electrons. The average molecular weight is 350 g/mol. The lowest BCUT2D eigenvalue weighted by Gasteiger charge is -2.14. The smallest absolute Gasteiger partial charge is 0.340 e. The van der Waals surface area contributed by atoms with Crippen molar-refractivity contribution in [3.63, 3.8) is 0 Å². The van der Waals surface area contributed by atoms with Gasteiger partial charge in [0.25, 0.3) is 5.91 Å². The van der Waals surface area contributed by atoms with Crippen LogP contribution in [0.4, 0.5) is 4.39 Å². The van der Waals surface area contributed by atoms with E-state index in [4.69, 9.17) is 16.3 Å². The molecule has 0 aliphatic carbocycles. The van der Waals surface area contributed by atoms with Gasteiger partial charge in [-0.2, -0.15) is 0 Å². The Morgan fingerprint density at radius 1 is 1.21 bits per heavy atom. The molecule has 0 unspecified atom stereocenters. The zero-order valence-electron chi connectivity index (χ0n) is 13.3. The Labute approximate surface area is 144 Å². The number of rotatable bonds is 5. The first-order valence-corrected chi connectivity index (χ1v) is 7.72. The first kappa shape index (κ1) is 17.9. The van der Waals surface area contributed by atoms with Crippen LogP contribution in [0.15, 0.2) is 42.5 Å². The van der Waals surface area contributed by atoms with Gasteiger partial charge in [-0.15, -0.1) is 0 Å². The molecule has 4 nitrogen and oxygen atoms in total. The second-order valence-corrected chi connectivity index (χ2v) is 5.81. The average Bonchev–Trinajstić information content (AvgIpc) is 2.53. The Hall–Kier alpha value is -2.40. The van der Waals surface area contributed by atoms with Crippen molar-refractivity contribution in [1.29, 1.82) is 0 Å². The molecule has 2 aromatic carbocycles. The summed E-state index contributed by atoms with van der Waals surface area (Å²) < 4.78 is 17.9. The van der Waals surface area contributed by atoms with E-state index in [2.05, 4.69) is 5.32 Å². The number of esters is 1. The van der Waals surface area contributed by atoms with Gasteiger partial charge in [-0.3, -0.25) is 4.79 Å². The van der Waals surface area contributed by atoms with Crippen molar-refractivity contribution < 1.29 is 18.7 Å². The third-order valence-corrected chi connectivity index (χ3v) is 3.75. The van der Waals surface area contributed by atoms with E-state index in [0.717, 1.165) is 23.3 Å². The van der Waals surface area contributed by atoms with Gasteiger partial charge in [-0.1, -0.05) is 41.4 Å². The maximum atomic E-state index is 13.0. The second kappa shape index (κ2) is 7.93. The molecule has 24 heavy (non-hydrogen) atoms. The van der Waals surface area contributed by atoms with Crippen LogP contribution in [0.25, 0.3) is 0 Å². The molecule has 0 spiro atoms. The van der Waals surface area contributed by atoms with E-state index >= 15 is 0 Å². The topological polar surface area (TPSA) is 55.4 Å². The number of ether oxygens (including phenoxy) is 1. The fourth-order valence-electron chi connectivity index (χ4n) is 2.09. The fourth-order valence-corrected chi connectivity index (χ4v) is 2.33. The zero-order chi connectivity index (χ0) is 17.7. The van der Waals surface area contributed by atoms with E-state index in [1.54, 1.807) is 0 Å². The maximum Gasteiger partial charge on any atom is 0.340 e. The van der Waals surface area contributed by atoms with Gasteiger partial charge in [-0.05, 0) is 37.6 Å². The summed E-state index contributed by atoms with van der Waals surface area (Å²) in [6, 6.07) is 10.9. The number of amides is 1. The van der Waals surface area contributed by atoms with Crippen molar-refractivity contribution in [2.24, 2.45) is 0 Å². The number of halogens is 2. The highest BCUT2D eigenvalue weighted by molar-refractivity contribution is 6.33. The van der Waals surface area contributed by atoms with Crippen LogP contribution >= 0.6 is 11.6 Å². The second-order valence-electron chi connectivity index (χ2n) is 5.40. The number of carbonyl (C=O) groups excluding carboxylic acids is 2. The first-order chi connectivity index (χ1) is 11.4. The van der Waals surface area contributed by atoms with E-state index in [-0.39, 0.29) is 16.6 Å². The van der Waals surface area contributed by atoms with Gasteiger partial charge in [0.2, 0.25) is 0 Å². The van der Waals surface area contributed by atoms with Gasteiger partial charge >= 0.3 is 5.97 Å². The molecule has 0 fully saturated rings. The lowest BCUT2D eigenvalue weighted by molar-refractivity contribution is -0.124. The molecular formula is C18H17ClFNO3. The number of carbonyl (C=O) groups is 2. The Bertz CT molecular complexity index is 746. The Morgan fingerprint density at radius 3 is 2.50 bits per heavy atom. The van der Waals surface area contributed by atoms with Gasteiger partial charge < -0.3 is 10.1 Å². The van der Waals surface area contributed by atoms with E-state index in [1.165, 1.54) is 6.07 Å². The van der Waals surface area contributed by atoms with Crippen LogP contribution in [0.2, 0.25) is 5.02 Å². The van der Waals surface area contributed by atoms with Crippen molar-refractivity contribution >= 4 is 23.5 Å². The van der Waals surface area contributed by atoms with Crippen molar-refractivity contribution in [2.75, 3.05) is 6.61 Å². The van der Waals surface area contributed by atoms with Crippen LogP contribution in [0, 0.1) is 12.7 Å². The van der Waals surface area contributed by atoms with Crippen LogP contribution in [0.1, 0.15) is 34.5 Å². The lowest BCUT2D eigenvalue weighted by atomic mass is 10.1. The Kier molecular flexibility index (Phi) is 5.93. The highest BCUT2D eigenvalue weighted by atomic mass is 35.5. The summed E-state index contributed by atoms with van der Waals surface area (Å²) in [5.41, 5.74) is 2.08. The number of hydrogen-bond donors (Lipinski definition) is 1. The highest BCUT2D eigenvalue weighted by Gasteiger charge is 2.15. The zero-order valence-corrected chi connectivity index (χ0v) is 14.1. The summed E-state index contributed by atoms with van der Waals surface area (Å²) >= 11 is 5.78. The summed E-state index contributed by atoms with van der Waals surface area (Å²) in [5, 5.41) is 2.68. The van der Waals surface area contributed by atoms with Crippen LogP contribution in [0.3, 0.4) is 0 Å². The largest absolute Gasteiger partial charge is 0.452 e. The third-order valence-electron chi connectivity index (χ3n) is 3.44. The fraction of sp³-hybridized carbons (Fsp3) is 0.222. The summed E-state index contributed by atoms with van der Waals surface area (Å²) in [6.07, 6.45) is 0. The Balaban J connectivity index is 1.88. The molecule has 1 N–H and O–H groups in total. The summed E-state index contributed by atoms with van der Waals surface area (Å²) in [4.78, 5) is 23.8. The normalized spacial score (nSPS) is 11.7. The molecule has 6 heteroatoms. The van der Waals surface area contributed by atoms with Crippen molar-refractivity contribution in [2.45, 2.75) is 19.9 Å². The predicted molar refractivity (Wildman–Crippen MR) is 89.4 cm³/mol. The van der Waals surface area contributed by atoms with Gasteiger partial charge in [0.05, 0.1) is 16.6 Å². The first-order valence-electron chi connectivity index (χ1n) is 7.35. The molecule has 0 heterocycles. The summed E-state index contributed by atoms with van der Waals surface area (Å²) in [5.74, 6) is -1.77. The highest BCUT2D eigenvalue weighted by Crippen LogP contribution is 2.18. The number of aryl methyl sites for hydroxylation is 1. The monoisotopic (exact) mass is 349 g/mol. The summed E-state index contributed by atoms with van der Waals surface area (Å²) in [7, 11) is 0. The molecule has 0 aliphatic rings. The summed E-state index contributed by atoms with van der Waals surface area (Å²) in [6.45, 7) is 3.37. The van der Waals surface area contributed by atoms with E-state index in [0.29, 0.717) is 0 Å². The van der Waals surface area contributed by atoms with Crippen molar-refractivity contribution in [3.05, 3.63) is 70.0 Å². The molecule has 2 aromatic rings. The quantitative estimate of drug-likeness (QED) is 0.835. The SMILES string of the molecule is Cc1ccc([C@H](C)NC(=O)COC(=O)c2ccc(F)cc2Cl)cc1. The maximum absolute atomic E-state index is 13.0. The predicted octanol–water partition coefficient (Wildman–Crippen LogP) is 3.82. The lowest BCUT2D eigenvalue weighted by Crippen LogP contribution is -2.31. The minimum atomic E-state index is -0.780. The molecule has 0 bridgehead atoms. The number of benzene rings is 2. The number of nitrogens with one attached hydrogen (secondary N) is 1. The minimum absolute atomic E-state index is 0.0115. The molecule has 2 rings (SSSR count). The van der Waals surface area contributed by atoms with Gasteiger partial charge in [0.1, 0.15) is 5.82 Å². The molecule has 0 radical (unpaired) electrons. The third kappa shape index (κ3) is 4.80. The molecule has 0 aromatic heterocycles. The van der Waals surface area contributed by atoms with E-state index in [9.17, 15) is 14.0 Å². The number of hydrogen-bond acceptors (Lipinski definition) is 3. The van der Waals surface area contributed by atoms with Crippen molar-refractivity contribution in [3.8, 4) is 0 Å². The Morgan fingerprint density at radius 2 is 1.88 bits per heavy atom. The van der Waals surface area contributed by atoms with Gasteiger partial charge in [0, 0.05) is 0 Å². The van der Waals surface area contributed by atoms with Gasteiger partial charge in [-0.25, -0.2) is 9.18 Å². The van der Waals surface area contributed by atoms with Crippen LogP contribution in [-0.4, -0.2) is 18.5 Å². The van der Waals surface area contributed by atoms with Crippen LogP contribution in [0.5, 0.6) is 0 Å². The molecule has 0 saturated heterocycles. The molecule has 1 amide bonds. The molecule has 1 atom stereocenters. The van der Waals surface area contributed by atoms with E-state index in [1.807, 2.05) is 38.1 Å². The van der Waals surface area contributed by atoms with Crippen LogP contribution < -0.4 is 5.32 Å². The molecular weight excluding hydrogens is 333 g/mol. The standard InChI is InChI=1S/C18H17ClFNO3/c1-11-3-5-13(6-4-11)12(2)21-17(22)10-24-18(23)15-8-7-14(20)9-16(15)19/h3-9,12H,10H2,1-2H3,(H,21,22)/t12-/m0/s1.